The van der Waals surface area contributed by atoms with Crippen LogP contribution in [0.1, 0.15) is 17.7 Å². The first-order valence-electron chi connectivity index (χ1n) is 7.73. The third-order valence-corrected chi connectivity index (χ3v) is 4.98. The minimum Gasteiger partial charge on any atom is -0.423 e. The topological polar surface area (TPSA) is 58.4 Å². The molecule has 23 heavy (non-hydrogen) atoms. The van der Waals surface area contributed by atoms with Crippen molar-refractivity contribution in [2.45, 2.75) is 25.4 Å². The number of benzene rings is 1. The van der Waals surface area contributed by atoms with Crippen LogP contribution in [0.5, 0.6) is 0 Å². The van der Waals surface area contributed by atoms with Gasteiger partial charge >= 0.3 is 0 Å². The number of oxazole rings is 1. The molecule has 0 saturated carbocycles. The number of fused-ring (bicyclic) bond motifs is 1. The van der Waals surface area contributed by atoms with Crippen molar-refractivity contribution in [2.75, 3.05) is 11.4 Å². The van der Waals surface area contributed by atoms with Crippen molar-refractivity contribution < 1.29 is 9.21 Å². The highest BCUT2D eigenvalue weighted by Gasteiger charge is 2.33. The van der Waals surface area contributed by atoms with Gasteiger partial charge in [0.05, 0.1) is 6.54 Å². The molecule has 1 atom stereocenters. The van der Waals surface area contributed by atoms with Gasteiger partial charge in [0.1, 0.15) is 11.6 Å². The van der Waals surface area contributed by atoms with E-state index < -0.39 is 0 Å². The molecule has 2 aromatic heterocycles. The SMILES string of the molecule is O=C(NCc1cccs1)C1CCCN1c1nc2ccccc2o1. The molecule has 1 unspecified atom stereocenters. The van der Waals surface area contributed by atoms with Crippen LogP contribution in [-0.4, -0.2) is 23.5 Å². The third-order valence-electron chi connectivity index (χ3n) is 4.10. The molecule has 0 spiro atoms. The number of anilines is 1. The molecular weight excluding hydrogens is 310 g/mol. The van der Waals surface area contributed by atoms with Crippen LogP contribution in [0, 0.1) is 0 Å². The second-order valence-corrected chi connectivity index (χ2v) is 6.64. The molecule has 118 valence electrons. The molecule has 0 aliphatic carbocycles. The van der Waals surface area contributed by atoms with E-state index in [4.69, 9.17) is 4.42 Å². The monoisotopic (exact) mass is 327 g/mol. The molecule has 4 rings (SSSR count). The molecule has 3 heterocycles. The quantitative estimate of drug-likeness (QED) is 0.799. The molecule has 0 bridgehead atoms. The van der Waals surface area contributed by atoms with E-state index >= 15 is 0 Å². The Bertz CT molecular complexity index is 779. The first-order valence-corrected chi connectivity index (χ1v) is 8.61. The highest BCUT2D eigenvalue weighted by molar-refractivity contribution is 7.09. The first-order chi connectivity index (χ1) is 11.3. The zero-order valence-corrected chi connectivity index (χ0v) is 13.4. The standard InChI is InChI=1S/C17H17N3O2S/c21-16(18-11-12-5-4-10-23-12)14-7-3-9-20(14)17-19-13-6-1-2-8-15(13)22-17/h1-2,4-6,8,10,14H,3,7,9,11H2,(H,18,21). The van der Waals surface area contributed by atoms with E-state index in [0.717, 1.165) is 35.4 Å². The highest BCUT2D eigenvalue weighted by atomic mass is 32.1. The van der Waals surface area contributed by atoms with Crippen molar-refractivity contribution in [3.8, 4) is 0 Å². The summed E-state index contributed by atoms with van der Waals surface area (Å²) in [5.41, 5.74) is 1.58. The Balaban J connectivity index is 1.50. The fourth-order valence-corrected chi connectivity index (χ4v) is 3.60. The lowest BCUT2D eigenvalue weighted by atomic mass is 10.2. The van der Waals surface area contributed by atoms with Gasteiger partial charge in [-0.3, -0.25) is 4.79 Å². The number of nitrogens with zero attached hydrogens (tertiary/aromatic N) is 2. The number of thiophene rings is 1. The van der Waals surface area contributed by atoms with E-state index in [9.17, 15) is 4.79 Å². The van der Waals surface area contributed by atoms with E-state index in [1.54, 1.807) is 11.3 Å². The predicted molar refractivity (Wildman–Crippen MR) is 90.5 cm³/mol. The summed E-state index contributed by atoms with van der Waals surface area (Å²) in [7, 11) is 0. The van der Waals surface area contributed by atoms with Gasteiger partial charge in [-0.05, 0) is 36.4 Å². The summed E-state index contributed by atoms with van der Waals surface area (Å²) >= 11 is 1.65. The van der Waals surface area contributed by atoms with Crippen molar-refractivity contribution in [2.24, 2.45) is 0 Å². The summed E-state index contributed by atoms with van der Waals surface area (Å²) in [4.78, 5) is 20.2. The summed E-state index contributed by atoms with van der Waals surface area (Å²) in [6, 6.07) is 12.0. The number of carbonyl (C=O) groups is 1. The molecule has 1 fully saturated rings. The minimum absolute atomic E-state index is 0.0400. The lowest BCUT2D eigenvalue weighted by Gasteiger charge is -2.21. The maximum absolute atomic E-state index is 12.5. The van der Waals surface area contributed by atoms with Crippen LogP contribution in [-0.2, 0) is 11.3 Å². The van der Waals surface area contributed by atoms with Gasteiger partial charge in [-0.1, -0.05) is 18.2 Å². The number of nitrogens with one attached hydrogen (secondary N) is 1. The normalized spacial score (nSPS) is 17.7. The summed E-state index contributed by atoms with van der Waals surface area (Å²) in [6.07, 6.45) is 1.80. The van der Waals surface area contributed by atoms with Gasteiger partial charge in [0.2, 0.25) is 5.91 Å². The number of hydrogen-bond acceptors (Lipinski definition) is 5. The molecule has 1 aliphatic heterocycles. The van der Waals surface area contributed by atoms with E-state index in [0.29, 0.717) is 12.6 Å². The molecule has 1 amide bonds. The molecule has 1 N–H and O–H groups in total. The minimum atomic E-state index is -0.206. The zero-order chi connectivity index (χ0) is 15.6. The lowest BCUT2D eigenvalue weighted by Crippen LogP contribution is -2.43. The number of hydrogen-bond donors (Lipinski definition) is 1. The summed E-state index contributed by atoms with van der Waals surface area (Å²) in [5, 5.41) is 5.04. The molecular formula is C17H17N3O2S. The van der Waals surface area contributed by atoms with Crippen LogP contribution in [0.3, 0.4) is 0 Å². The van der Waals surface area contributed by atoms with Crippen molar-refractivity contribution in [1.29, 1.82) is 0 Å². The van der Waals surface area contributed by atoms with E-state index in [-0.39, 0.29) is 11.9 Å². The Hall–Kier alpha value is -2.34. The highest BCUT2D eigenvalue weighted by Crippen LogP contribution is 2.28. The van der Waals surface area contributed by atoms with Crippen LogP contribution < -0.4 is 10.2 Å². The van der Waals surface area contributed by atoms with Gasteiger partial charge in [0, 0.05) is 11.4 Å². The fraction of sp³-hybridized carbons (Fsp3) is 0.294. The van der Waals surface area contributed by atoms with Crippen molar-refractivity contribution >= 4 is 34.4 Å². The molecule has 3 aromatic rings. The Kier molecular flexibility index (Phi) is 3.75. The van der Waals surface area contributed by atoms with Crippen LogP contribution in [0.25, 0.3) is 11.1 Å². The van der Waals surface area contributed by atoms with Gasteiger partial charge < -0.3 is 14.6 Å². The molecule has 1 saturated heterocycles. The summed E-state index contributed by atoms with van der Waals surface area (Å²) in [5.74, 6) is 0.0400. The lowest BCUT2D eigenvalue weighted by molar-refractivity contribution is -0.122. The van der Waals surface area contributed by atoms with Gasteiger partial charge in [-0.15, -0.1) is 11.3 Å². The Morgan fingerprint density at radius 1 is 1.35 bits per heavy atom. The summed E-state index contributed by atoms with van der Waals surface area (Å²) in [6.45, 7) is 1.37. The van der Waals surface area contributed by atoms with Crippen molar-refractivity contribution in [1.82, 2.24) is 10.3 Å². The molecule has 5 nitrogen and oxygen atoms in total. The van der Waals surface area contributed by atoms with Gasteiger partial charge in [0.25, 0.3) is 6.01 Å². The molecule has 1 aliphatic rings. The average molecular weight is 327 g/mol. The summed E-state index contributed by atoms with van der Waals surface area (Å²) < 4.78 is 5.82. The molecule has 0 radical (unpaired) electrons. The Morgan fingerprint density at radius 3 is 3.09 bits per heavy atom. The zero-order valence-electron chi connectivity index (χ0n) is 12.6. The maximum atomic E-state index is 12.5. The number of rotatable bonds is 4. The third kappa shape index (κ3) is 2.82. The number of para-hydroxylation sites is 2. The number of amides is 1. The largest absolute Gasteiger partial charge is 0.423 e. The Morgan fingerprint density at radius 2 is 2.26 bits per heavy atom. The van der Waals surface area contributed by atoms with Crippen LogP contribution in [0.2, 0.25) is 0 Å². The molecule has 6 heteroatoms. The van der Waals surface area contributed by atoms with Crippen LogP contribution in [0.4, 0.5) is 6.01 Å². The maximum Gasteiger partial charge on any atom is 0.299 e. The number of aromatic nitrogens is 1. The number of carbonyl (C=O) groups excluding carboxylic acids is 1. The predicted octanol–water partition coefficient (Wildman–Crippen LogP) is 3.17. The van der Waals surface area contributed by atoms with Gasteiger partial charge in [-0.25, -0.2) is 0 Å². The fourth-order valence-electron chi connectivity index (χ4n) is 2.96. The average Bonchev–Trinajstić information content (AvgIpc) is 3.31. The van der Waals surface area contributed by atoms with E-state index in [1.807, 2.05) is 46.7 Å². The molecule has 1 aromatic carbocycles. The van der Waals surface area contributed by atoms with Gasteiger partial charge in [-0.2, -0.15) is 4.98 Å². The first kappa shape index (κ1) is 14.3. The van der Waals surface area contributed by atoms with E-state index in [2.05, 4.69) is 10.3 Å². The second-order valence-electron chi connectivity index (χ2n) is 5.61. The van der Waals surface area contributed by atoms with Crippen LogP contribution in [0.15, 0.2) is 46.2 Å². The van der Waals surface area contributed by atoms with Crippen LogP contribution >= 0.6 is 11.3 Å². The van der Waals surface area contributed by atoms with Gasteiger partial charge in [0.15, 0.2) is 5.58 Å². The van der Waals surface area contributed by atoms with Crippen molar-refractivity contribution in [3.63, 3.8) is 0 Å². The second kappa shape index (κ2) is 6.04. The van der Waals surface area contributed by atoms with Crippen molar-refractivity contribution in [3.05, 3.63) is 46.7 Å². The van der Waals surface area contributed by atoms with E-state index in [1.165, 1.54) is 0 Å². The smallest absolute Gasteiger partial charge is 0.299 e. The Labute approximate surface area is 137 Å².